The van der Waals surface area contributed by atoms with Crippen LogP contribution < -0.4 is 4.90 Å². The third kappa shape index (κ3) is 3.22. The number of amides is 1. The molecule has 0 atom stereocenters. The molecule has 0 unspecified atom stereocenters. The molecule has 1 amide bonds. The van der Waals surface area contributed by atoms with Crippen molar-refractivity contribution in [3.8, 4) is 0 Å². The minimum Gasteiger partial charge on any atom is -0.352 e. The van der Waals surface area contributed by atoms with Crippen LogP contribution in [-0.2, 0) is 17.6 Å². The van der Waals surface area contributed by atoms with E-state index in [2.05, 4.69) is 19.8 Å². The third-order valence-corrected chi connectivity index (χ3v) is 7.78. The average molecular weight is 385 g/mol. The van der Waals surface area contributed by atoms with Crippen LogP contribution in [0.4, 0.5) is 5.82 Å². The molecule has 0 spiro atoms. The van der Waals surface area contributed by atoms with Crippen LogP contribution in [0.25, 0.3) is 10.2 Å². The highest BCUT2D eigenvalue weighted by Crippen LogP contribution is 2.39. The lowest BCUT2D eigenvalue weighted by molar-refractivity contribution is -0.136. The molecule has 0 aromatic carbocycles. The molecule has 0 radical (unpaired) electrons. The summed E-state index contributed by atoms with van der Waals surface area (Å²) in [4.78, 5) is 29.2. The fourth-order valence-electron chi connectivity index (χ4n) is 5.06. The van der Waals surface area contributed by atoms with Crippen LogP contribution in [-0.4, -0.2) is 47.0 Å². The van der Waals surface area contributed by atoms with Crippen molar-refractivity contribution in [3.63, 3.8) is 0 Å². The molecule has 27 heavy (non-hydrogen) atoms. The summed E-state index contributed by atoms with van der Waals surface area (Å²) in [6, 6.07) is 0. The lowest BCUT2D eigenvalue weighted by Gasteiger charge is -2.38. The van der Waals surface area contributed by atoms with E-state index in [-0.39, 0.29) is 5.92 Å². The Bertz CT molecular complexity index is 834. The molecule has 0 bridgehead atoms. The highest BCUT2D eigenvalue weighted by Gasteiger charge is 2.30. The lowest BCUT2D eigenvalue weighted by atomic mass is 9.88. The molecule has 3 aliphatic rings. The van der Waals surface area contributed by atoms with Gasteiger partial charge in [-0.1, -0.05) is 19.3 Å². The SMILES string of the molecule is O=C(C1CCCCC1)N1CCN(c2ncnc3sc4c(c23)CCCC4)CC1. The zero-order chi connectivity index (χ0) is 18.2. The molecule has 2 aromatic rings. The molecular formula is C21H28N4OS. The smallest absolute Gasteiger partial charge is 0.225 e. The molecular weight excluding hydrogens is 356 g/mol. The van der Waals surface area contributed by atoms with Gasteiger partial charge in [0, 0.05) is 37.0 Å². The highest BCUT2D eigenvalue weighted by atomic mass is 32.1. The Kier molecular flexibility index (Phi) is 4.76. The number of aryl methyl sites for hydroxylation is 2. The first-order valence-electron chi connectivity index (χ1n) is 10.6. The molecule has 3 heterocycles. The predicted molar refractivity (Wildman–Crippen MR) is 109 cm³/mol. The zero-order valence-electron chi connectivity index (χ0n) is 16.0. The van der Waals surface area contributed by atoms with Gasteiger partial charge >= 0.3 is 0 Å². The van der Waals surface area contributed by atoms with Gasteiger partial charge in [0.1, 0.15) is 17.0 Å². The normalized spacial score (nSPS) is 21.5. The quantitative estimate of drug-likeness (QED) is 0.790. The van der Waals surface area contributed by atoms with E-state index >= 15 is 0 Å². The van der Waals surface area contributed by atoms with Crippen molar-refractivity contribution in [2.24, 2.45) is 5.92 Å². The Morgan fingerprint density at radius 1 is 0.963 bits per heavy atom. The number of rotatable bonds is 2. The summed E-state index contributed by atoms with van der Waals surface area (Å²) in [7, 11) is 0. The third-order valence-electron chi connectivity index (χ3n) is 6.58. The summed E-state index contributed by atoms with van der Waals surface area (Å²) in [5, 5.41) is 1.30. The maximum absolute atomic E-state index is 12.8. The van der Waals surface area contributed by atoms with Crippen molar-refractivity contribution in [2.45, 2.75) is 57.8 Å². The molecule has 1 saturated heterocycles. The predicted octanol–water partition coefficient (Wildman–Crippen LogP) is 3.80. The topological polar surface area (TPSA) is 49.3 Å². The van der Waals surface area contributed by atoms with E-state index in [9.17, 15) is 4.79 Å². The van der Waals surface area contributed by atoms with E-state index < -0.39 is 0 Å². The Labute approximate surface area is 164 Å². The Morgan fingerprint density at radius 3 is 2.56 bits per heavy atom. The van der Waals surface area contributed by atoms with Gasteiger partial charge < -0.3 is 9.80 Å². The molecule has 0 N–H and O–H groups in total. The highest BCUT2D eigenvalue weighted by molar-refractivity contribution is 7.19. The summed E-state index contributed by atoms with van der Waals surface area (Å²) < 4.78 is 0. The van der Waals surface area contributed by atoms with Crippen molar-refractivity contribution in [2.75, 3.05) is 31.1 Å². The summed E-state index contributed by atoms with van der Waals surface area (Å²) in [5.74, 6) is 1.78. The van der Waals surface area contributed by atoms with E-state index in [1.54, 1.807) is 6.33 Å². The van der Waals surface area contributed by atoms with Crippen LogP contribution >= 0.6 is 11.3 Å². The monoisotopic (exact) mass is 384 g/mol. The van der Waals surface area contributed by atoms with Gasteiger partial charge in [-0.3, -0.25) is 4.79 Å². The minimum absolute atomic E-state index is 0.278. The number of fused-ring (bicyclic) bond motifs is 3. The van der Waals surface area contributed by atoms with Gasteiger partial charge in [-0.25, -0.2) is 9.97 Å². The van der Waals surface area contributed by atoms with Gasteiger partial charge in [0.15, 0.2) is 0 Å². The summed E-state index contributed by atoms with van der Waals surface area (Å²) in [5.41, 5.74) is 1.50. The maximum atomic E-state index is 12.8. The Balaban J connectivity index is 1.34. The number of nitrogens with zero attached hydrogens (tertiary/aromatic N) is 4. The Hall–Kier alpha value is -1.69. The second-order valence-electron chi connectivity index (χ2n) is 8.24. The number of hydrogen-bond acceptors (Lipinski definition) is 5. The van der Waals surface area contributed by atoms with Gasteiger partial charge in [-0.15, -0.1) is 11.3 Å². The van der Waals surface area contributed by atoms with E-state index in [1.165, 1.54) is 54.4 Å². The standard InChI is InChI=1S/C21H28N4OS/c26-21(15-6-2-1-3-7-15)25-12-10-24(11-13-25)19-18-16-8-4-5-9-17(16)27-20(18)23-14-22-19/h14-15H,1-13H2. The zero-order valence-corrected chi connectivity index (χ0v) is 16.8. The van der Waals surface area contributed by atoms with Gasteiger partial charge in [-0.05, 0) is 44.1 Å². The summed E-state index contributed by atoms with van der Waals surface area (Å²) in [6.07, 6.45) is 12.6. The van der Waals surface area contributed by atoms with Gasteiger partial charge in [-0.2, -0.15) is 0 Å². The fraction of sp³-hybridized carbons (Fsp3) is 0.667. The van der Waals surface area contributed by atoms with Crippen LogP contribution in [0.1, 0.15) is 55.4 Å². The summed E-state index contributed by atoms with van der Waals surface area (Å²) in [6.45, 7) is 3.42. The van der Waals surface area contributed by atoms with Crippen LogP contribution in [0.2, 0.25) is 0 Å². The van der Waals surface area contributed by atoms with Gasteiger partial charge in [0.2, 0.25) is 5.91 Å². The molecule has 1 saturated carbocycles. The Morgan fingerprint density at radius 2 is 1.74 bits per heavy atom. The number of aromatic nitrogens is 2. The molecule has 2 fully saturated rings. The number of hydrogen-bond donors (Lipinski definition) is 0. The fourth-order valence-corrected chi connectivity index (χ4v) is 6.28. The molecule has 5 rings (SSSR count). The van der Waals surface area contributed by atoms with Crippen LogP contribution in [0, 0.1) is 5.92 Å². The first-order chi connectivity index (χ1) is 13.3. The minimum atomic E-state index is 0.278. The van der Waals surface area contributed by atoms with Crippen molar-refractivity contribution in [1.82, 2.24) is 14.9 Å². The molecule has 5 nitrogen and oxygen atoms in total. The van der Waals surface area contributed by atoms with Gasteiger partial charge in [0.25, 0.3) is 0 Å². The van der Waals surface area contributed by atoms with E-state index in [4.69, 9.17) is 0 Å². The first kappa shape index (κ1) is 17.4. The van der Waals surface area contributed by atoms with Crippen molar-refractivity contribution in [1.29, 1.82) is 0 Å². The van der Waals surface area contributed by atoms with E-state index in [0.717, 1.165) is 56.1 Å². The number of anilines is 1. The maximum Gasteiger partial charge on any atom is 0.225 e. The number of thiophene rings is 1. The first-order valence-corrected chi connectivity index (χ1v) is 11.4. The van der Waals surface area contributed by atoms with E-state index in [0.29, 0.717) is 5.91 Å². The number of carbonyl (C=O) groups is 1. The molecule has 2 aliphatic carbocycles. The molecule has 2 aromatic heterocycles. The average Bonchev–Trinajstić information content (AvgIpc) is 3.13. The van der Waals surface area contributed by atoms with Crippen LogP contribution in [0.3, 0.4) is 0 Å². The molecule has 1 aliphatic heterocycles. The largest absolute Gasteiger partial charge is 0.352 e. The van der Waals surface area contributed by atoms with Crippen LogP contribution in [0.15, 0.2) is 6.33 Å². The number of piperazine rings is 1. The molecule has 144 valence electrons. The second kappa shape index (κ2) is 7.38. The second-order valence-corrected chi connectivity index (χ2v) is 9.32. The number of carbonyl (C=O) groups excluding carboxylic acids is 1. The lowest BCUT2D eigenvalue weighted by Crippen LogP contribution is -2.50. The van der Waals surface area contributed by atoms with Crippen LogP contribution in [0.5, 0.6) is 0 Å². The molecule has 6 heteroatoms. The van der Waals surface area contributed by atoms with Gasteiger partial charge in [0.05, 0.1) is 5.39 Å². The van der Waals surface area contributed by atoms with E-state index in [1.807, 2.05) is 11.3 Å². The van der Waals surface area contributed by atoms with Crippen molar-refractivity contribution < 1.29 is 4.79 Å². The van der Waals surface area contributed by atoms with Crippen molar-refractivity contribution in [3.05, 3.63) is 16.8 Å². The van der Waals surface area contributed by atoms with Crippen molar-refractivity contribution >= 4 is 33.3 Å². The summed E-state index contributed by atoms with van der Waals surface area (Å²) >= 11 is 1.86.